The highest BCUT2D eigenvalue weighted by molar-refractivity contribution is 5.83. The van der Waals surface area contributed by atoms with Crippen LogP contribution in [0.15, 0.2) is 30.5 Å². The van der Waals surface area contributed by atoms with Crippen molar-refractivity contribution in [3.63, 3.8) is 0 Å². The van der Waals surface area contributed by atoms with Gasteiger partial charge in [-0.1, -0.05) is 12.1 Å². The van der Waals surface area contributed by atoms with E-state index in [4.69, 9.17) is 4.74 Å². The number of ether oxygens (including phenoxy) is 1. The fourth-order valence-corrected chi connectivity index (χ4v) is 2.78. The van der Waals surface area contributed by atoms with E-state index in [1.54, 1.807) is 0 Å². The first-order valence-corrected chi connectivity index (χ1v) is 6.44. The van der Waals surface area contributed by atoms with Gasteiger partial charge in [-0.15, -0.1) is 0 Å². The van der Waals surface area contributed by atoms with Gasteiger partial charge in [0.2, 0.25) is 0 Å². The zero-order chi connectivity index (χ0) is 11.8. The number of hydrogen-bond donors (Lipinski definition) is 0. The predicted octanol–water partition coefficient (Wildman–Crippen LogP) is 3.52. The van der Waals surface area contributed by atoms with Gasteiger partial charge in [-0.25, -0.2) is 0 Å². The van der Waals surface area contributed by atoms with Crippen LogP contribution in [-0.2, 0) is 11.3 Å². The molecular formula is C15H19NO. The van der Waals surface area contributed by atoms with Crippen LogP contribution in [0.2, 0.25) is 0 Å². The van der Waals surface area contributed by atoms with Gasteiger partial charge >= 0.3 is 0 Å². The Morgan fingerprint density at radius 3 is 2.94 bits per heavy atom. The number of fused-ring (bicyclic) bond motifs is 1. The van der Waals surface area contributed by atoms with E-state index in [0.717, 1.165) is 6.54 Å². The van der Waals surface area contributed by atoms with Crippen LogP contribution < -0.4 is 0 Å². The van der Waals surface area contributed by atoms with Crippen LogP contribution in [0.4, 0.5) is 0 Å². The molecule has 17 heavy (non-hydrogen) atoms. The van der Waals surface area contributed by atoms with Crippen LogP contribution >= 0.6 is 0 Å². The Bertz CT molecular complexity index is 529. The summed E-state index contributed by atoms with van der Waals surface area (Å²) < 4.78 is 8.22. The molecule has 0 N–H and O–H groups in total. The fraction of sp³-hybridized carbons (Fsp3) is 0.467. The first kappa shape index (κ1) is 10.8. The number of aryl methyl sites for hydroxylation is 1. The standard InChI is InChI=1S/C15H19NO/c1-11-4-3-5-15-14(11)8-9-16(15)10-13-7-6-12(2)17-13/h3-5,8-9,12-13H,6-7,10H2,1-2H3. The molecule has 0 amide bonds. The quantitative estimate of drug-likeness (QED) is 0.768. The number of aromatic nitrogens is 1. The lowest BCUT2D eigenvalue weighted by Gasteiger charge is -2.13. The second-order valence-corrected chi connectivity index (χ2v) is 5.12. The Morgan fingerprint density at radius 1 is 1.29 bits per heavy atom. The molecule has 1 aromatic carbocycles. The molecule has 2 heteroatoms. The number of rotatable bonds is 2. The molecule has 0 aliphatic carbocycles. The van der Waals surface area contributed by atoms with Crippen molar-refractivity contribution in [2.45, 2.75) is 45.4 Å². The molecule has 0 saturated carbocycles. The molecule has 1 fully saturated rings. The summed E-state index contributed by atoms with van der Waals surface area (Å²) in [5, 5.41) is 1.36. The first-order valence-electron chi connectivity index (χ1n) is 6.44. The number of nitrogens with zero attached hydrogens (tertiary/aromatic N) is 1. The molecule has 1 aliphatic rings. The van der Waals surface area contributed by atoms with E-state index >= 15 is 0 Å². The van der Waals surface area contributed by atoms with Crippen molar-refractivity contribution in [2.75, 3.05) is 0 Å². The van der Waals surface area contributed by atoms with Gasteiger partial charge < -0.3 is 9.30 Å². The fourth-order valence-electron chi connectivity index (χ4n) is 2.78. The molecular weight excluding hydrogens is 210 g/mol. The highest BCUT2D eigenvalue weighted by atomic mass is 16.5. The smallest absolute Gasteiger partial charge is 0.0758 e. The molecule has 0 bridgehead atoms. The van der Waals surface area contributed by atoms with Crippen LogP contribution in [0.3, 0.4) is 0 Å². The zero-order valence-electron chi connectivity index (χ0n) is 10.5. The normalized spacial score (nSPS) is 24.6. The molecule has 90 valence electrons. The minimum absolute atomic E-state index is 0.390. The van der Waals surface area contributed by atoms with Gasteiger partial charge in [0.05, 0.1) is 12.2 Å². The largest absolute Gasteiger partial charge is 0.373 e. The van der Waals surface area contributed by atoms with E-state index in [2.05, 4.69) is 48.9 Å². The molecule has 1 aliphatic heterocycles. The molecule has 2 unspecified atom stereocenters. The second-order valence-electron chi connectivity index (χ2n) is 5.12. The molecule has 1 aromatic heterocycles. The van der Waals surface area contributed by atoms with E-state index < -0.39 is 0 Å². The third-order valence-corrected chi connectivity index (χ3v) is 3.75. The minimum Gasteiger partial charge on any atom is -0.373 e. The summed E-state index contributed by atoms with van der Waals surface area (Å²) in [5.41, 5.74) is 2.68. The number of hydrogen-bond acceptors (Lipinski definition) is 1. The van der Waals surface area contributed by atoms with Crippen molar-refractivity contribution >= 4 is 10.9 Å². The third-order valence-electron chi connectivity index (χ3n) is 3.75. The lowest BCUT2D eigenvalue weighted by molar-refractivity contribution is 0.0465. The monoisotopic (exact) mass is 229 g/mol. The highest BCUT2D eigenvalue weighted by Gasteiger charge is 2.22. The highest BCUT2D eigenvalue weighted by Crippen LogP contribution is 2.24. The van der Waals surface area contributed by atoms with Crippen LogP contribution in [0, 0.1) is 6.92 Å². The summed E-state index contributed by atoms with van der Waals surface area (Å²) in [7, 11) is 0. The molecule has 2 aromatic rings. The van der Waals surface area contributed by atoms with Gasteiger partial charge in [0, 0.05) is 23.6 Å². The molecule has 2 atom stereocenters. The Balaban J connectivity index is 1.88. The summed E-state index contributed by atoms with van der Waals surface area (Å²) in [4.78, 5) is 0. The second kappa shape index (κ2) is 4.19. The Morgan fingerprint density at radius 2 is 2.18 bits per heavy atom. The minimum atomic E-state index is 0.390. The van der Waals surface area contributed by atoms with Gasteiger partial charge in [0.15, 0.2) is 0 Å². The molecule has 2 nitrogen and oxygen atoms in total. The van der Waals surface area contributed by atoms with Crippen molar-refractivity contribution in [3.05, 3.63) is 36.0 Å². The lowest BCUT2D eigenvalue weighted by Crippen LogP contribution is -2.15. The van der Waals surface area contributed by atoms with Crippen molar-refractivity contribution in [2.24, 2.45) is 0 Å². The summed E-state index contributed by atoms with van der Waals surface area (Å²) in [6.07, 6.45) is 5.39. The van der Waals surface area contributed by atoms with Gasteiger partial charge in [0.25, 0.3) is 0 Å². The van der Waals surface area contributed by atoms with E-state index in [0.29, 0.717) is 12.2 Å². The van der Waals surface area contributed by atoms with E-state index in [9.17, 15) is 0 Å². The van der Waals surface area contributed by atoms with Crippen LogP contribution in [0.1, 0.15) is 25.3 Å². The lowest BCUT2D eigenvalue weighted by atomic mass is 10.1. The van der Waals surface area contributed by atoms with Gasteiger partial charge in [-0.2, -0.15) is 0 Å². The van der Waals surface area contributed by atoms with E-state index in [1.807, 2.05) is 0 Å². The maximum atomic E-state index is 5.89. The third kappa shape index (κ3) is 1.98. The van der Waals surface area contributed by atoms with Gasteiger partial charge in [-0.05, 0) is 44.4 Å². The SMILES string of the molecule is Cc1cccc2c1ccn2CC1CCC(C)O1. The summed E-state index contributed by atoms with van der Waals surface area (Å²) in [6.45, 7) is 5.32. The predicted molar refractivity (Wildman–Crippen MR) is 70.2 cm³/mol. The Kier molecular flexibility index (Phi) is 2.67. The topological polar surface area (TPSA) is 14.2 Å². The average molecular weight is 229 g/mol. The molecule has 3 rings (SSSR count). The molecule has 0 radical (unpaired) electrons. The summed E-state index contributed by atoms with van der Waals surface area (Å²) in [6, 6.07) is 8.71. The first-order chi connectivity index (χ1) is 8.24. The molecule has 2 heterocycles. The van der Waals surface area contributed by atoms with Crippen LogP contribution in [0.25, 0.3) is 10.9 Å². The summed E-state index contributed by atoms with van der Waals surface area (Å²) in [5.74, 6) is 0. The maximum Gasteiger partial charge on any atom is 0.0758 e. The van der Waals surface area contributed by atoms with Crippen LogP contribution in [0.5, 0.6) is 0 Å². The number of benzene rings is 1. The van der Waals surface area contributed by atoms with Gasteiger partial charge in [-0.3, -0.25) is 0 Å². The van der Waals surface area contributed by atoms with E-state index in [1.165, 1.54) is 29.3 Å². The Labute approximate surface area is 102 Å². The maximum absolute atomic E-state index is 5.89. The van der Waals surface area contributed by atoms with Gasteiger partial charge in [0.1, 0.15) is 0 Å². The van der Waals surface area contributed by atoms with Crippen LogP contribution in [-0.4, -0.2) is 16.8 Å². The van der Waals surface area contributed by atoms with Crippen molar-refractivity contribution < 1.29 is 4.74 Å². The average Bonchev–Trinajstić information content (AvgIpc) is 2.88. The van der Waals surface area contributed by atoms with Crippen molar-refractivity contribution in [3.8, 4) is 0 Å². The van der Waals surface area contributed by atoms with Crippen molar-refractivity contribution in [1.82, 2.24) is 4.57 Å². The van der Waals surface area contributed by atoms with Crippen molar-refractivity contribution in [1.29, 1.82) is 0 Å². The van der Waals surface area contributed by atoms with E-state index in [-0.39, 0.29) is 0 Å². The zero-order valence-corrected chi connectivity index (χ0v) is 10.5. The molecule has 0 spiro atoms. The molecule has 1 saturated heterocycles. The summed E-state index contributed by atoms with van der Waals surface area (Å²) >= 11 is 0. The Hall–Kier alpha value is -1.28.